The third-order valence-electron chi connectivity index (χ3n) is 4.90. The summed E-state index contributed by atoms with van der Waals surface area (Å²) in [6, 6.07) is 17.2. The van der Waals surface area contributed by atoms with Crippen molar-refractivity contribution in [3.8, 4) is 5.69 Å². The minimum atomic E-state index is -0.377. The molecule has 4 aromatic rings. The number of benzene rings is 2. The Hall–Kier alpha value is -3.41. The van der Waals surface area contributed by atoms with Crippen LogP contribution < -0.4 is 11.2 Å². The van der Waals surface area contributed by atoms with Crippen LogP contribution in [0.5, 0.6) is 0 Å². The van der Waals surface area contributed by atoms with Gasteiger partial charge < -0.3 is 4.57 Å². The molecule has 2 aromatic carbocycles. The van der Waals surface area contributed by atoms with Crippen molar-refractivity contribution in [1.29, 1.82) is 0 Å². The Labute approximate surface area is 162 Å². The van der Waals surface area contributed by atoms with Gasteiger partial charge in [0.2, 0.25) is 0 Å². The number of hydrogen-bond donors (Lipinski definition) is 0. The molecule has 28 heavy (non-hydrogen) atoms. The molecule has 0 saturated carbocycles. The second-order valence-electron chi connectivity index (χ2n) is 6.89. The minimum absolute atomic E-state index is 0.220. The molecule has 6 heteroatoms. The van der Waals surface area contributed by atoms with Gasteiger partial charge in [0.1, 0.15) is 0 Å². The van der Waals surface area contributed by atoms with Crippen molar-refractivity contribution in [3.05, 3.63) is 92.9 Å². The molecule has 0 atom stereocenters. The number of para-hydroxylation sites is 1. The van der Waals surface area contributed by atoms with Crippen molar-refractivity contribution in [2.24, 2.45) is 0 Å². The van der Waals surface area contributed by atoms with E-state index in [1.165, 1.54) is 4.57 Å². The number of imidazole rings is 1. The number of nitrogens with zero attached hydrogens (tertiary/aromatic N) is 4. The summed E-state index contributed by atoms with van der Waals surface area (Å²) in [6.07, 6.45) is 2.52. The molecule has 0 saturated heterocycles. The molecule has 0 amide bonds. The van der Waals surface area contributed by atoms with Crippen LogP contribution in [0.4, 0.5) is 0 Å². The zero-order valence-electron chi connectivity index (χ0n) is 16.0. The van der Waals surface area contributed by atoms with Gasteiger partial charge in [-0.15, -0.1) is 0 Å². The van der Waals surface area contributed by atoms with E-state index in [1.54, 1.807) is 10.9 Å². The lowest BCUT2D eigenvalue weighted by Crippen LogP contribution is -2.40. The van der Waals surface area contributed by atoms with Crippen molar-refractivity contribution in [1.82, 2.24) is 18.7 Å². The molecule has 0 bridgehead atoms. The van der Waals surface area contributed by atoms with Crippen LogP contribution in [0.2, 0.25) is 0 Å². The molecule has 0 aliphatic heterocycles. The van der Waals surface area contributed by atoms with Crippen LogP contribution in [0.25, 0.3) is 16.9 Å². The second kappa shape index (κ2) is 7.31. The Morgan fingerprint density at radius 1 is 0.964 bits per heavy atom. The minimum Gasteiger partial charge on any atom is -0.325 e. The highest BCUT2D eigenvalue weighted by molar-refractivity contribution is 5.72. The number of hydrogen-bond acceptors (Lipinski definition) is 3. The summed E-state index contributed by atoms with van der Waals surface area (Å²) in [5.41, 5.74) is 2.76. The molecule has 0 aliphatic rings. The van der Waals surface area contributed by atoms with E-state index in [9.17, 15) is 9.59 Å². The predicted molar refractivity (Wildman–Crippen MR) is 110 cm³/mol. The monoisotopic (exact) mass is 374 g/mol. The molecular weight excluding hydrogens is 352 g/mol. The first kappa shape index (κ1) is 18.0. The van der Waals surface area contributed by atoms with E-state index >= 15 is 0 Å². The molecule has 0 fully saturated rings. The molecule has 2 heterocycles. The van der Waals surface area contributed by atoms with E-state index in [-0.39, 0.29) is 17.8 Å². The molecule has 0 unspecified atom stereocenters. The fourth-order valence-corrected chi connectivity index (χ4v) is 3.53. The van der Waals surface area contributed by atoms with Crippen LogP contribution in [0, 0.1) is 6.92 Å². The smallest absolute Gasteiger partial charge is 0.325 e. The molecule has 142 valence electrons. The van der Waals surface area contributed by atoms with Gasteiger partial charge in [-0.1, -0.05) is 55.5 Å². The van der Waals surface area contributed by atoms with E-state index in [0.29, 0.717) is 17.7 Å². The molecule has 0 spiro atoms. The topological polar surface area (TPSA) is 61.8 Å². The van der Waals surface area contributed by atoms with Gasteiger partial charge in [-0.05, 0) is 30.5 Å². The van der Waals surface area contributed by atoms with E-state index in [1.807, 2.05) is 73.0 Å². The maximum atomic E-state index is 13.4. The van der Waals surface area contributed by atoms with E-state index in [4.69, 9.17) is 0 Å². The molecular formula is C22H22N4O2. The van der Waals surface area contributed by atoms with E-state index in [2.05, 4.69) is 4.98 Å². The van der Waals surface area contributed by atoms with Gasteiger partial charge in [-0.3, -0.25) is 9.36 Å². The van der Waals surface area contributed by atoms with Gasteiger partial charge in [-0.25, -0.2) is 14.3 Å². The van der Waals surface area contributed by atoms with E-state index in [0.717, 1.165) is 23.2 Å². The molecule has 0 radical (unpaired) electrons. The van der Waals surface area contributed by atoms with Crippen molar-refractivity contribution in [2.75, 3.05) is 0 Å². The van der Waals surface area contributed by atoms with Crippen LogP contribution in [0.15, 0.2) is 70.5 Å². The Kier molecular flexibility index (Phi) is 4.69. The number of rotatable bonds is 5. The zero-order chi connectivity index (χ0) is 19.7. The summed E-state index contributed by atoms with van der Waals surface area (Å²) < 4.78 is 4.70. The highest BCUT2D eigenvalue weighted by Gasteiger charge is 2.19. The highest BCUT2D eigenvalue weighted by Crippen LogP contribution is 2.17. The standard InChI is InChI=1S/C22H22N4O2/c1-3-13-24-15-23-20-19(24)21(27)25(14-17-10-5-4-6-11-17)22(28)26(20)18-12-8-7-9-16(18)2/h4-12,15H,3,13-14H2,1-2H3. The number of fused-ring (bicyclic) bond motifs is 1. The predicted octanol–water partition coefficient (Wildman–Crippen LogP) is 3.12. The van der Waals surface area contributed by atoms with Crippen LogP contribution in [-0.2, 0) is 13.1 Å². The van der Waals surface area contributed by atoms with Crippen LogP contribution in [0.3, 0.4) is 0 Å². The Morgan fingerprint density at radius 3 is 2.39 bits per heavy atom. The van der Waals surface area contributed by atoms with Gasteiger partial charge in [0.05, 0.1) is 18.6 Å². The summed E-state index contributed by atoms with van der Waals surface area (Å²) in [7, 11) is 0. The number of aryl methyl sites for hydroxylation is 2. The van der Waals surface area contributed by atoms with Crippen molar-refractivity contribution in [3.63, 3.8) is 0 Å². The van der Waals surface area contributed by atoms with Gasteiger partial charge in [-0.2, -0.15) is 0 Å². The third kappa shape index (κ3) is 2.97. The first-order chi connectivity index (χ1) is 13.6. The van der Waals surface area contributed by atoms with Gasteiger partial charge in [0.25, 0.3) is 5.56 Å². The number of aromatic nitrogens is 4. The van der Waals surface area contributed by atoms with Gasteiger partial charge in [0.15, 0.2) is 11.2 Å². The van der Waals surface area contributed by atoms with Gasteiger partial charge in [0, 0.05) is 6.54 Å². The highest BCUT2D eigenvalue weighted by atomic mass is 16.2. The molecule has 4 rings (SSSR count). The van der Waals surface area contributed by atoms with Crippen LogP contribution in [0.1, 0.15) is 24.5 Å². The zero-order valence-corrected chi connectivity index (χ0v) is 16.0. The van der Waals surface area contributed by atoms with Crippen molar-refractivity contribution in [2.45, 2.75) is 33.4 Å². The Balaban J connectivity index is 2.07. The lowest BCUT2D eigenvalue weighted by atomic mass is 10.2. The fourth-order valence-electron chi connectivity index (χ4n) is 3.53. The summed E-state index contributed by atoms with van der Waals surface area (Å²) >= 11 is 0. The maximum absolute atomic E-state index is 13.4. The third-order valence-corrected chi connectivity index (χ3v) is 4.90. The van der Waals surface area contributed by atoms with Crippen LogP contribution in [-0.4, -0.2) is 18.7 Å². The second-order valence-corrected chi connectivity index (χ2v) is 6.89. The molecule has 0 aliphatic carbocycles. The van der Waals surface area contributed by atoms with Crippen molar-refractivity contribution >= 4 is 11.2 Å². The molecule has 6 nitrogen and oxygen atoms in total. The van der Waals surface area contributed by atoms with Gasteiger partial charge >= 0.3 is 5.69 Å². The Bertz CT molecular complexity index is 1250. The average Bonchev–Trinajstić information content (AvgIpc) is 3.11. The lowest BCUT2D eigenvalue weighted by Gasteiger charge is -2.14. The maximum Gasteiger partial charge on any atom is 0.337 e. The van der Waals surface area contributed by atoms with Crippen LogP contribution >= 0.6 is 0 Å². The largest absolute Gasteiger partial charge is 0.337 e. The summed E-state index contributed by atoms with van der Waals surface area (Å²) in [5, 5.41) is 0. The summed E-state index contributed by atoms with van der Waals surface area (Å²) in [4.78, 5) is 31.1. The molecule has 2 aromatic heterocycles. The van der Waals surface area contributed by atoms with Crippen molar-refractivity contribution < 1.29 is 0 Å². The summed E-state index contributed by atoms with van der Waals surface area (Å²) in [6.45, 7) is 4.88. The first-order valence-corrected chi connectivity index (χ1v) is 9.42. The Morgan fingerprint density at radius 2 is 1.68 bits per heavy atom. The van der Waals surface area contributed by atoms with E-state index < -0.39 is 0 Å². The lowest BCUT2D eigenvalue weighted by molar-refractivity contribution is 0.662. The first-order valence-electron chi connectivity index (χ1n) is 9.42. The average molecular weight is 374 g/mol. The SMILES string of the molecule is CCCn1cnc2c1c(=O)n(Cc1ccccc1)c(=O)n2-c1ccccc1C. The quantitative estimate of drug-likeness (QED) is 0.539. The molecule has 0 N–H and O–H groups in total. The summed E-state index contributed by atoms with van der Waals surface area (Å²) in [5.74, 6) is 0. The fraction of sp³-hybridized carbons (Fsp3) is 0.227. The normalized spacial score (nSPS) is 11.2.